The van der Waals surface area contributed by atoms with E-state index in [1.54, 1.807) is 12.4 Å². The minimum Gasteiger partial charge on any atom is -0.371 e. The number of aldehydes is 1. The summed E-state index contributed by atoms with van der Waals surface area (Å²) < 4.78 is 0. The molecular formula is C17H21ClN2O. The minimum absolute atomic E-state index is 0.614. The van der Waals surface area contributed by atoms with Crippen LogP contribution in [0.15, 0.2) is 48.8 Å². The van der Waals surface area contributed by atoms with E-state index < -0.39 is 0 Å². The molecule has 0 bridgehead atoms. The number of aryl methyl sites for hydroxylation is 1. The van der Waals surface area contributed by atoms with Crippen molar-refractivity contribution in [2.24, 2.45) is 0 Å². The quantitative estimate of drug-likeness (QED) is 0.619. The Balaban J connectivity index is 0.000000262. The van der Waals surface area contributed by atoms with Gasteiger partial charge in [0.05, 0.1) is 0 Å². The standard InChI is InChI=1S/C11H14ClNO.C6H7N/c1-2-13(8-7-12)11-5-3-10(9-14)4-6-11;1-6-2-4-7-5-3-6/h3-6,9H,2,7-8H2,1H3;2-5H,1H3. The third-order valence-corrected chi connectivity index (χ3v) is 3.15. The first-order chi connectivity index (χ1) is 10.2. The third kappa shape index (κ3) is 6.41. The van der Waals surface area contributed by atoms with Gasteiger partial charge in [-0.25, -0.2) is 0 Å². The fraction of sp³-hybridized carbons (Fsp3) is 0.294. The Hall–Kier alpha value is -1.87. The lowest BCUT2D eigenvalue weighted by Crippen LogP contribution is -2.24. The fourth-order valence-corrected chi connectivity index (χ4v) is 1.97. The van der Waals surface area contributed by atoms with E-state index in [-0.39, 0.29) is 0 Å². The Morgan fingerprint density at radius 3 is 2.14 bits per heavy atom. The number of carbonyl (C=O) groups excluding carboxylic acids is 1. The van der Waals surface area contributed by atoms with Gasteiger partial charge in [0.1, 0.15) is 6.29 Å². The van der Waals surface area contributed by atoms with Crippen LogP contribution in [0.25, 0.3) is 0 Å². The molecule has 0 aliphatic heterocycles. The van der Waals surface area contributed by atoms with Crippen LogP contribution in [-0.4, -0.2) is 30.2 Å². The van der Waals surface area contributed by atoms with E-state index in [2.05, 4.69) is 16.8 Å². The van der Waals surface area contributed by atoms with Gasteiger partial charge in [0, 0.05) is 42.6 Å². The highest BCUT2D eigenvalue weighted by Crippen LogP contribution is 2.14. The molecule has 0 aliphatic rings. The normalized spacial score (nSPS) is 9.48. The maximum atomic E-state index is 10.4. The second-order valence-electron chi connectivity index (χ2n) is 4.50. The number of hydrogen-bond donors (Lipinski definition) is 0. The van der Waals surface area contributed by atoms with Crippen LogP contribution >= 0.6 is 11.6 Å². The van der Waals surface area contributed by atoms with Gasteiger partial charge in [0.2, 0.25) is 0 Å². The summed E-state index contributed by atoms with van der Waals surface area (Å²) in [6.45, 7) is 5.88. The summed E-state index contributed by atoms with van der Waals surface area (Å²) >= 11 is 5.69. The predicted molar refractivity (Wildman–Crippen MR) is 89.4 cm³/mol. The number of halogens is 1. The number of carbonyl (C=O) groups is 1. The highest BCUT2D eigenvalue weighted by atomic mass is 35.5. The van der Waals surface area contributed by atoms with Crippen molar-refractivity contribution in [1.82, 2.24) is 4.98 Å². The van der Waals surface area contributed by atoms with E-state index in [9.17, 15) is 4.79 Å². The second-order valence-corrected chi connectivity index (χ2v) is 4.88. The maximum absolute atomic E-state index is 10.4. The highest BCUT2D eigenvalue weighted by Gasteiger charge is 2.02. The first kappa shape index (κ1) is 17.2. The van der Waals surface area contributed by atoms with Crippen molar-refractivity contribution in [3.63, 3.8) is 0 Å². The zero-order valence-corrected chi connectivity index (χ0v) is 13.3. The zero-order chi connectivity index (χ0) is 15.5. The Kier molecular flexibility index (Phi) is 8.14. The third-order valence-electron chi connectivity index (χ3n) is 2.98. The molecule has 0 spiro atoms. The molecule has 1 aromatic heterocycles. The number of rotatable bonds is 5. The van der Waals surface area contributed by atoms with E-state index in [0.29, 0.717) is 11.4 Å². The van der Waals surface area contributed by atoms with Crippen molar-refractivity contribution < 1.29 is 4.79 Å². The Labute approximate surface area is 131 Å². The molecule has 112 valence electrons. The van der Waals surface area contributed by atoms with E-state index >= 15 is 0 Å². The van der Waals surface area contributed by atoms with Gasteiger partial charge in [-0.3, -0.25) is 9.78 Å². The molecule has 3 nitrogen and oxygen atoms in total. The molecule has 4 heteroatoms. The summed E-state index contributed by atoms with van der Waals surface area (Å²) in [7, 11) is 0. The van der Waals surface area contributed by atoms with Crippen LogP contribution in [0, 0.1) is 6.92 Å². The van der Waals surface area contributed by atoms with Crippen LogP contribution < -0.4 is 4.90 Å². The number of pyridine rings is 1. The highest BCUT2D eigenvalue weighted by molar-refractivity contribution is 6.18. The second kappa shape index (κ2) is 9.94. The number of aromatic nitrogens is 1. The maximum Gasteiger partial charge on any atom is 0.150 e. The number of alkyl halides is 1. The molecule has 0 amide bonds. The molecule has 0 saturated heterocycles. The number of hydrogen-bond acceptors (Lipinski definition) is 3. The SMILES string of the molecule is CCN(CCCl)c1ccc(C=O)cc1.Cc1ccncc1. The van der Waals surface area contributed by atoms with Crippen LogP contribution in [0.3, 0.4) is 0 Å². The molecule has 21 heavy (non-hydrogen) atoms. The van der Waals surface area contributed by atoms with Crippen molar-refractivity contribution in [3.8, 4) is 0 Å². The van der Waals surface area contributed by atoms with Crippen LogP contribution in [0.4, 0.5) is 5.69 Å². The molecule has 2 rings (SSSR count). The Bertz CT molecular complexity index is 514. The van der Waals surface area contributed by atoms with Gasteiger partial charge in [-0.1, -0.05) is 0 Å². The van der Waals surface area contributed by atoms with Gasteiger partial charge in [-0.05, 0) is 55.8 Å². The molecular weight excluding hydrogens is 284 g/mol. The van der Waals surface area contributed by atoms with E-state index in [1.165, 1.54) is 5.56 Å². The molecule has 1 heterocycles. The van der Waals surface area contributed by atoms with Crippen LogP contribution in [-0.2, 0) is 0 Å². The topological polar surface area (TPSA) is 33.2 Å². The fourth-order valence-electron chi connectivity index (χ4n) is 1.76. The van der Waals surface area contributed by atoms with E-state index in [0.717, 1.165) is 25.1 Å². The van der Waals surface area contributed by atoms with Gasteiger partial charge in [0.15, 0.2) is 0 Å². The largest absolute Gasteiger partial charge is 0.371 e. The lowest BCUT2D eigenvalue weighted by Gasteiger charge is -2.21. The first-order valence-electron chi connectivity index (χ1n) is 6.94. The van der Waals surface area contributed by atoms with Gasteiger partial charge in [0.25, 0.3) is 0 Å². The van der Waals surface area contributed by atoms with Crippen molar-refractivity contribution in [1.29, 1.82) is 0 Å². The van der Waals surface area contributed by atoms with Gasteiger partial charge in [-0.2, -0.15) is 0 Å². The molecule has 0 fully saturated rings. The van der Waals surface area contributed by atoms with Crippen LogP contribution in [0.5, 0.6) is 0 Å². The van der Waals surface area contributed by atoms with Crippen LogP contribution in [0.2, 0.25) is 0 Å². The molecule has 0 unspecified atom stereocenters. The summed E-state index contributed by atoms with van der Waals surface area (Å²) in [6, 6.07) is 11.5. The first-order valence-corrected chi connectivity index (χ1v) is 7.47. The zero-order valence-electron chi connectivity index (χ0n) is 12.5. The number of nitrogens with zero attached hydrogens (tertiary/aromatic N) is 2. The molecule has 2 aromatic rings. The monoisotopic (exact) mass is 304 g/mol. The molecule has 0 radical (unpaired) electrons. The molecule has 0 atom stereocenters. The van der Waals surface area contributed by atoms with Gasteiger partial charge in [-0.15, -0.1) is 11.6 Å². The summed E-state index contributed by atoms with van der Waals surface area (Å²) in [4.78, 5) is 16.5. The molecule has 0 aliphatic carbocycles. The lowest BCUT2D eigenvalue weighted by atomic mass is 10.2. The summed E-state index contributed by atoms with van der Waals surface area (Å²) in [5.41, 5.74) is 3.07. The number of anilines is 1. The lowest BCUT2D eigenvalue weighted by molar-refractivity contribution is 0.112. The van der Waals surface area contributed by atoms with Crippen molar-refractivity contribution in [2.45, 2.75) is 13.8 Å². The average Bonchev–Trinajstić information content (AvgIpc) is 2.54. The van der Waals surface area contributed by atoms with Crippen molar-refractivity contribution in [2.75, 3.05) is 23.9 Å². The molecule has 0 saturated carbocycles. The van der Waals surface area contributed by atoms with E-state index in [1.807, 2.05) is 43.3 Å². The average molecular weight is 305 g/mol. The smallest absolute Gasteiger partial charge is 0.150 e. The van der Waals surface area contributed by atoms with Crippen molar-refractivity contribution in [3.05, 3.63) is 59.9 Å². The van der Waals surface area contributed by atoms with Gasteiger partial charge < -0.3 is 4.90 Å². The number of benzene rings is 1. The minimum atomic E-state index is 0.614. The van der Waals surface area contributed by atoms with Gasteiger partial charge >= 0.3 is 0 Å². The molecule has 0 N–H and O–H groups in total. The Morgan fingerprint density at radius 1 is 1.14 bits per heavy atom. The summed E-state index contributed by atoms with van der Waals surface area (Å²) in [5, 5.41) is 0. The van der Waals surface area contributed by atoms with Crippen LogP contribution in [0.1, 0.15) is 22.8 Å². The van der Waals surface area contributed by atoms with E-state index in [4.69, 9.17) is 11.6 Å². The molecule has 1 aromatic carbocycles. The van der Waals surface area contributed by atoms with Crippen molar-refractivity contribution >= 4 is 23.6 Å². The summed E-state index contributed by atoms with van der Waals surface area (Å²) in [5.74, 6) is 0.614. The Morgan fingerprint density at radius 2 is 1.76 bits per heavy atom. The predicted octanol–water partition coefficient (Wildman–Crippen LogP) is 3.95. The summed E-state index contributed by atoms with van der Waals surface area (Å²) in [6.07, 6.45) is 4.42.